The van der Waals surface area contributed by atoms with E-state index in [-0.39, 0.29) is 18.5 Å². The molecule has 1 fully saturated rings. The van der Waals surface area contributed by atoms with Gasteiger partial charge in [0.1, 0.15) is 0 Å². The number of ether oxygens (including phenoxy) is 1. The first kappa shape index (κ1) is 21.4. The van der Waals surface area contributed by atoms with Crippen LogP contribution in [0.25, 0.3) is 0 Å². The SMILES string of the molecule is CC[C@@H](C)c1ccccc1NC(=O)COC(=O)C1(c2ccc(Cl)cc2)CCCC1. The lowest BCUT2D eigenvalue weighted by Crippen LogP contribution is -2.36. The number of amides is 1. The third kappa shape index (κ3) is 4.81. The van der Waals surface area contributed by atoms with E-state index in [1.54, 1.807) is 12.1 Å². The second-order valence-electron chi connectivity index (χ2n) is 7.82. The first-order chi connectivity index (χ1) is 14.0. The quantitative estimate of drug-likeness (QED) is 0.579. The van der Waals surface area contributed by atoms with E-state index in [4.69, 9.17) is 16.3 Å². The second-order valence-corrected chi connectivity index (χ2v) is 8.25. The highest BCUT2D eigenvalue weighted by Crippen LogP contribution is 2.42. The van der Waals surface area contributed by atoms with Crippen LogP contribution >= 0.6 is 11.6 Å². The molecular weight excluding hydrogens is 386 g/mol. The Morgan fingerprint density at radius 2 is 1.76 bits per heavy atom. The number of nitrogens with one attached hydrogen (secondary N) is 1. The molecule has 1 aliphatic carbocycles. The number of esters is 1. The molecule has 1 N–H and O–H groups in total. The van der Waals surface area contributed by atoms with Crippen LogP contribution in [0.15, 0.2) is 48.5 Å². The van der Waals surface area contributed by atoms with Crippen LogP contribution in [0.2, 0.25) is 5.02 Å². The van der Waals surface area contributed by atoms with Gasteiger partial charge in [-0.3, -0.25) is 9.59 Å². The molecule has 154 valence electrons. The molecular formula is C24H28ClNO3. The Labute approximate surface area is 177 Å². The molecule has 4 nitrogen and oxygen atoms in total. The monoisotopic (exact) mass is 413 g/mol. The van der Waals surface area contributed by atoms with Crippen molar-refractivity contribution in [3.8, 4) is 0 Å². The smallest absolute Gasteiger partial charge is 0.317 e. The highest BCUT2D eigenvalue weighted by atomic mass is 35.5. The van der Waals surface area contributed by atoms with Crippen molar-refractivity contribution in [1.29, 1.82) is 0 Å². The molecule has 5 heteroatoms. The molecule has 0 bridgehead atoms. The van der Waals surface area contributed by atoms with Crippen molar-refractivity contribution in [3.05, 3.63) is 64.7 Å². The van der Waals surface area contributed by atoms with Crippen LogP contribution in [0.4, 0.5) is 5.69 Å². The van der Waals surface area contributed by atoms with Gasteiger partial charge in [-0.15, -0.1) is 0 Å². The first-order valence-electron chi connectivity index (χ1n) is 10.3. The van der Waals surface area contributed by atoms with Crippen molar-refractivity contribution in [2.45, 2.75) is 57.3 Å². The van der Waals surface area contributed by atoms with Crippen molar-refractivity contribution in [2.75, 3.05) is 11.9 Å². The van der Waals surface area contributed by atoms with Gasteiger partial charge in [0.15, 0.2) is 6.61 Å². The van der Waals surface area contributed by atoms with Gasteiger partial charge in [0.2, 0.25) is 0 Å². The zero-order valence-corrected chi connectivity index (χ0v) is 17.8. The van der Waals surface area contributed by atoms with Gasteiger partial charge in [-0.05, 0) is 54.5 Å². The summed E-state index contributed by atoms with van der Waals surface area (Å²) >= 11 is 6.00. The molecule has 2 aromatic rings. The molecule has 0 saturated heterocycles. The highest BCUT2D eigenvalue weighted by molar-refractivity contribution is 6.30. The minimum absolute atomic E-state index is 0.289. The first-order valence-corrected chi connectivity index (χ1v) is 10.7. The lowest BCUT2D eigenvalue weighted by Gasteiger charge is -2.27. The average Bonchev–Trinajstić information content (AvgIpc) is 3.23. The van der Waals surface area contributed by atoms with Crippen LogP contribution in [-0.2, 0) is 19.7 Å². The molecule has 1 saturated carbocycles. The number of hydrogen-bond acceptors (Lipinski definition) is 3. The van der Waals surface area contributed by atoms with Crippen molar-refractivity contribution in [1.82, 2.24) is 0 Å². The molecule has 0 unspecified atom stereocenters. The molecule has 0 spiro atoms. The van der Waals surface area contributed by atoms with Crippen molar-refractivity contribution in [3.63, 3.8) is 0 Å². The zero-order valence-electron chi connectivity index (χ0n) is 17.0. The number of benzene rings is 2. The molecule has 0 aromatic heterocycles. The maximum atomic E-state index is 13.0. The predicted octanol–water partition coefficient (Wildman–Crippen LogP) is 5.85. The number of carbonyl (C=O) groups excluding carboxylic acids is 2. The van der Waals surface area contributed by atoms with E-state index >= 15 is 0 Å². The fourth-order valence-corrected chi connectivity index (χ4v) is 4.20. The number of para-hydroxylation sites is 1. The van der Waals surface area contributed by atoms with Crippen LogP contribution < -0.4 is 5.32 Å². The van der Waals surface area contributed by atoms with Crippen LogP contribution in [0.1, 0.15) is 63.0 Å². The minimum atomic E-state index is -0.681. The Kier molecular flexibility index (Phi) is 6.96. The molecule has 1 atom stereocenters. The summed E-state index contributed by atoms with van der Waals surface area (Å²) in [5.74, 6) is -0.318. The van der Waals surface area contributed by atoms with Crippen LogP contribution in [-0.4, -0.2) is 18.5 Å². The summed E-state index contributed by atoms with van der Waals surface area (Å²) < 4.78 is 5.49. The topological polar surface area (TPSA) is 55.4 Å². The third-order valence-electron chi connectivity index (χ3n) is 5.96. The van der Waals surface area contributed by atoms with Gasteiger partial charge >= 0.3 is 5.97 Å². The average molecular weight is 414 g/mol. The van der Waals surface area contributed by atoms with Gasteiger partial charge in [-0.25, -0.2) is 0 Å². The number of anilines is 1. The van der Waals surface area contributed by atoms with E-state index in [1.165, 1.54) is 0 Å². The van der Waals surface area contributed by atoms with E-state index in [0.29, 0.717) is 10.9 Å². The summed E-state index contributed by atoms with van der Waals surface area (Å²) in [7, 11) is 0. The Bertz CT molecular complexity index is 857. The molecule has 3 rings (SSSR count). The van der Waals surface area contributed by atoms with Crippen LogP contribution in [0, 0.1) is 0 Å². The molecule has 0 radical (unpaired) electrons. The van der Waals surface area contributed by atoms with Gasteiger partial charge in [-0.2, -0.15) is 0 Å². The number of carbonyl (C=O) groups is 2. The van der Waals surface area contributed by atoms with Crippen LogP contribution in [0.5, 0.6) is 0 Å². The fourth-order valence-electron chi connectivity index (χ4n) is 4.07. The summed E-state index contributed by atoms with van der Waals surface area (Å²) in [5.41, 5.74) is 2.09. The number of rotatable bonds is 7. The lowest BCUT2D eigenvalue weighted by molar-refractivity contribution is -0.153. The van der Waals surface area contributed by atoms with Crippen molar-refractivity contribution in [2.24, 2.45) is 0 Å². The molecule has 0 heterocycles. The van der Waals surface area contributed by atoms with Gasteiger partial charge in [0.05, 0.1) is 5.41 Å². The van der Waals surface area contributed by atoms with Gasteiger partial charge in [-0.1, -0.05) is 68.6 Å². The molecule has 1 amide bonds. The molecule has 2 aromatic carbocycles. The Morgan fingerprint density at radius 3 is 2.41 bits per heavy atom. The Balaban J connectivity index is 1.67. The summed E-state index contributed by atoms with van der Waals surface area (Å²) in [6, 6.07) is 15.1. The normalized spacial score (nSPS) is 16.2. The molecule has 0 aliphatic heterocycles. The number of halogens is 1. The molecule has 1 aliphatic rings. The molecule has 29 heavy (non-hydrogen) atoms. The Hall–Kier alpha value is -2.33. The fraction of sp³-hybridized carbons (Fsp3) is 0.417. The summed E-state index contributed by atoms with van der Waals surface area (Å²) in [5, 5.41) is 3.53. The van der Waals surface area contributed by atoms with E-state index in [1.807, 2.05) is 36.4 Å². The van der Waals surface area contributed by atoms with E-state index < -0.39 is 5.41 Å². The van der Waals surface area contributed by atoms with E-state index in [9.17, 15) is 9.59 Å². The summed E-state index contributed by atoms with van der Waals surface area (Å²) in [6.07, 6.45) is 4.36. The predicted molar refractivity (Wildman–Crippen MR) is 116 cm³/mol. The van der Waals surface area contributed by atoms with E-state index in [2.05, 4.69) is 19.2 Å². The summed E-state index contributed by atoms with van der Waals surface area (Å²) in [6.45, 7) is 3.95. The highest BCUT2D eigenvalue weighted by Gasteiger charge is 2.44. The number of hydrogen-bond donors (Lipinski definition) is 1. The van der Waals surface area contributed by atoms with Gasteiger partial charge < -0.3 is 10.1 Å². The standard InChI is InChI=1S/C24H28ClNO3/c1-3-17(2)20-8-4-5-9-21(20)26-22(27)16-29-23(28)24(14-6-7-15-24)18-10-12-19(25)13-11-18/h4-5,8-13,17H,3,6-7,14-16H2,1-2H3,(H,26,27)/t17-/m1/s1. The Morgan fingerprint density at radius 1 is 1.10 bits per heavy atom. The van der Waals surface area contributed by atoms with Gasteiger partial charge in [0, 0.05) is 10.7 Å². The van der Waals surface area contributed by atoms with Crippen LogP contribution in [0.3, 0.4) is 0 Å². The maximum Gasteiger partial charge on any atom is 0.317 e. The third-order valence-corrected chi connectivity index (χ3v) is 6.21. The van der Waals surface area contributed by atoms with Crippen molar-refractivity contribution >= 4 is 29.2 Å². The lowest BCUT2D eigenvalue weighted by atomic mass is 9.79. The largest absolute Gasteiger partial charge is 0.455 e. The second kappa shape index (κ2) is 9.45. The van der Waals surface area contributed by atoms with E-state index in [0.717, 1.165) is 48.9 Å². The maximum absolute atomic E-state index is 13.0. The summed E-state index contributed by atoms with van der Waals surface area (Å²) in [4.78, 5) is 25.5. The van der Waals surface area contributed by atoms with Crippen molar-refractivity contribution < 1.29 is 14.3 Å². The minimum Gasteiger partial charge on any atom is -0.455 e. The zero-order chi connectivity index (χ0) is 20.9. The van der Waals surface area contributed by atoms with Gasteiger partial charge in [0.25, 0.3) is 5.91 Å².